The zero-order valence-electron chi connectivity index (χ0n) is 11.0. The SMILES string of the molecule is CN1CCN(C(=O)C2CCCC(C(=O)O)C2)CC1. The van der Waals surface area contributed by atoms with Gasteiger partial charge in [-0.15, -0.1) is 0 Å². The number of hydrogen-bond donors (Lipinski definition) is 1. The van der Waals surface area contributed by atoms with Gasteiger partial charge in [0.2, 0.25) is 5.91 Å². The van der Waals surface area contributed by atoms with Crippen molar-refractivity contribution < 1.29 is 14.7 Å². The summed E-state index contributed by atoms with van der Waals surface area (Å²) in [4.78, 5) is 27.5. The predicted molar refractivity (Wildman–Crippen MR) is 67.2 cm³/mol. The van der Waals surface area contributed by atoms with E-state index in [1.165, 1.54) is 0 Å². The molecule has 1 saturated heterocycles. The quantitative estimate of drug-likeness (QED) is 0.786. The Morgan fingerprint density at radius 2 is 1.67 bits per heavy atom. The highest BCUT2D eigenvalue weighted by atomic mass is 16.4. The number of amides is 1. The third-order valence-corrected chi connectivity index (χ3v) is 4.19. The second-order valence-corrected chi connectivity index (χ2v) is 5.53. The Bertz CT molecular complexity index is 324. The van der Waals surface area contributed by atoms with Crippen molar-refractivity contribution in [2.24, 2.45) is 11.8 Å². The van der Waals surface area contributed by atoms with Gasteiger partial charge < -0.3 is 14.9 Å². The van der Waals surface area contributed by atoms with Crippen LogP contribution in [0.25, 0.3) is 0 Å². The largest absolute Gasteiger partial charge is 0.481 e. The average Bonchev–Trinajstić information content (AvgIpc) is 2.39. The monoisotopic (exact) mass is 254 g/mol. The first-order valence-electron chi connectivity index (χ1n) is 6.78. The van der Waals surface area contributed by atoms with E-state index in [9.17, 15) is 9.59 Å². The third-order valence-electron chi connectivity index (χ3n) is 4.19. The summed E-state index contributed by atoms with van der Waals surface area (Å²) in [5, 5.41) is 9.05. The fourth-order valence-electron chi connectivity index (χ4n) is 2.92. The Kier molecular flexibility index (Phi) is 4.22. The van der Waals surface area contributed by atoms with E-state index in [0.717, 1.165) is 45.4 Å². The Hall–Kier alpha value is -1.10. The van der Waals surface area contributed by atoms with Crippen LogP contribution >= 0.6 is 0 Å². The minimum absolute atomic E-state index is 0.0664. The van der Waals surface area contributed by atoms with Crippen LogP contribution in [0, 0.1) is 11.8 Å². The van der Waals surface area contributed by atoms with Gasteiger partial charge in [0.1, 0.15) is 0 Å². The highest BCUT2D eigenvalue weighted by Crippen LogP contribution is 2.30. The zero-order valence-corrected chi connectivity index (χ0v) is 11.0. The number of aliphatic carboxylic acids is 1. The number of likely N-dealkylation sites (N-methyl/N-ethyl adjacent to an activating group) is 1. The molecular weight excluding hydrogens is 232 g/mol. The van der Waals surface area contributed by atoms with Crippen LogP contribution in [0.15, 0.2) is 0 Å². The normalized spacial score (nSPS) is 30.2. The van der Waals surface area contributed by atoms with E-state index < -0.39 is 5.97 Å². The number of carbonyl (C=O) groups excluding carboxylic acids is 1. The topological polar surface area (TPSA) is 60.9 Å². The molecule has 0 spiro atoms. The van der Waals surface area contributed by atoms with Gasteiger partial charge in [-0.1, -0.05) is 6.42 Å². The number of carboxylic acid groups (broad SMARTS) is 1. The summed E-state index contributed by atoms with van der Waals surface area (Å²) in [5.74, 6) is -0.955. The second kappa shape index (κ2) is 5.69. The van der Waals surface area contributed by atoms with Crippen LogP contribution < -0.4 is 0 Å². The lowest BCUT2D eigenvalue weighted by Crippen LogP contribution is -2.49. The first-order chi connectivity index (χ1) is 8.58. The number of piperazine rings is 1. The molecule has 2 fully saturated rings. The van der Waals surface area contributed by atoms with Crippen molar-refractivity contribution >= 4 is 11.9 Å². The standard InChI is InChI=1S/C13H22N2O3/c1-14-5-7-15(8-6-14)12(16)10-3-2-4-11(9-10)13(17)18/h10-11H,2-9H2,1H3,(H,17,18). The van der Waals surface area contributed by atoms with Gasteiger partial charge >= 0.3 is 5.97 Å². The van der Waals surface area contributed by atoms with E-state index in [-0.39, 0.29) is 17.7 Å². The number of carboxylic acids is 1. The molecule has 5 heteroatoms. The van der Waals surface area contributed by atoms with Gasteiger partial charge in [0.05, 0.1) is 5.92 Å². The molecule has 0 aromatic rings. The Balaban J connectivity index is 1.90. The maximum atomic E-state index is 12.3. The molecule has 0 radical (unpaired) electrons. The van der Waals surface area contributed by atoms with Gasteiger partial charge in [-0.25, -0.2) is 0 Å². The van der Waals surface area contributed by atoms with Crippen LogP contribution in [-0.2, 0) is 9.59 Å². The highest BCUT2D eigenvalue weighted by molar-refractivity contribution is 5.80. The molecule has 0 bridgehead atoms. The number of rotatable bonds is 2. The Morgan fingerprint density at radius 1 is 1.06 bits per heavy atom. The lowest BCUT2D eigenvalue weighted by molar-refractivity contribution is -0.146. The summed E-state index contributed by atoms with van der Waals surface area (Å²) in [5.41, 5.74) is 0. The first kappa shape index (κ1) is 13.3. The molecule has 1 aliphatic carbocycles. The molecule has 1 aliphatic heterocycles. The summed E-state index contributed by atoms with van der Waals surface area (Å²) in [6.07, 6.45) is 2.97. The summed E-state index contributed by atoms with van der Waals surface area (Å²) >= 11 is 0. The molecule has 2 atom stereocenters. The molecule has 5 nitrogen and oxygen atoms in total. The van der Waals surface area contributed by atoms with Gasteiger partial charge in [-0.3, -0.25) is 9.59 Å². The van der Waals surface area contributed by atoms with Crippen LogP contribution in [0.2, 0.25) is 0 Å². The molecule has 1 saturated carbocycles. The van der Waals surface area contributed by atoms with Crippen molar-refractivity contribution in [3.05, 3.63) is 0 Å². The van der Waals surface area contributed by atoms with Crippen molar-refractivity contribution in [2.75, 3.05) is 33.2 Å². The summed E-state index contributed by atoms with van der Waals surface area (Å²) in [6, 6.07) is 0. The highest BCUT2D eigenvalue weighted by Gasteiger charge is 2.33. The van der Waals surface area contributed by atoms with Crippen LogP contribution in [0.3, 0.4) is 0 Å². The van der Waals surface area contributed by atoms with Crippen molar-refractivity contribution in [3.63, 3.8) is 0 Å². The molecule has 1 N–H and O–H groups in total. The van der Waals surface area contributed by atoms with Crippen molar-refractivity contribution in [1.82, 2.24) is 9.80 Å². The molecule has 1 heterocycles. The van der Waals surface area contributed by atoms with Crippen LogP contribution in [-0.4, -0.2) is 60.0 Å². The van der Waals surface area contributed by atoms with Crippen LogP contribution in [0.5, 0.6) is 0 Å². The molecule has 0 aromatic heterocycles. The second-order valence-electron chi connectivity index (χ2n) is 5.53. The van der Waals surface area contributed by atoms with Gasteiger partial charge in [0.25, 0.3) is 0 Å². The van der Waals surface area contributed by atoms with E-state index in [1.807, 2.05) is 4.90 Å². The van der Waals surface area contributed by atoms with E-state index >= 15 is 0 Å². The molecule has 2 unspecified atom stereocenters. The van der Waals surface area contributed by atoms with Crippen molar-refractivity contribution in [1.29, 1.82) is 0 Å². The number of carbonyl (C=O) groups is 2. The lowest BCUT2D eigenvalue weighted by atomic mass is 9.80. The van der Waals surface area contributed by atoms with Crippen LogP contribution in [0.1, 0.15) is 25.7 Å². The van der Waals surface area contributed by atoms with Gasteiger partial charge in [-0.2, -0.15) is 0 Å². The van der Waals surface area contributed by atoms with Gasteiger partial charge in [-0.05, 0) is 26.3 Å². The zero-order chi connectivity index (χ0) is 13.1. The smallest absolute Gasteiger partial charge is 0.306 e. The number of nitrogens with zero attached hydrogens (tertiary/aromatic N) is 2. The maximum Gasteiger partial charge on any atom is 0.306 e. The van der Waals surface area contributed by atoms with Crippen molar-refractivity contribution in [3.8, 4) is 0 Å². The van der Waals surface area contributed by atoms with E-state index in [0.29, 0.717) is 6.42 Å². The molecular formula is C13H22N2O3. The minimum atomic E-state index is -0.745. The maximum absolute atomic E-state index is 12.3. The minimum Gasteiger partial charge on any atom is -0.481 e. The molecule has 102 valence electrons. The first-order valence-corrected chi connectivity index (χ1v) is 6.78. The Morgan fingerprint density at radius 3 is 2.28 bits per heavy atom. The molecule has 1 amide bonds. The van der Waals surface area contributed by atoms with Gasteiger partial charge in [0, 0.05) is 32.1 Å². The van der Waals surface area contributed by atoms with Crippen LogP contribution in [0.4, 0.5) is 0 Å². The van der Waals surface area contributed by atoms with E-state index in [4.69, 9.17) is 5.11 Å². The van der Waals surface area contributed by atoms with E-state index in [1.54, 1.807) is 0 Å². The van der Waals surface area contributed by atoms with Gasteiger partial charge in [0.15, 0.2) is 0 Å². The molecule has 2 aliphatic rings. The lowest BCUT2D eigenvalue weighted by Gasteiger charge is -2.36. The summed E-state index contributed by atoms with van der Waals surface area (Å²) < 4.78 is 0. The Labute approximate surface area is 108 Å². The molecule has 0 aromatic carbocycles. The average molecular weight is 254 g/mol. The fraction of sp³-hybridized carbons (Fsp3) is 0.846. The molecule has 2 rings (SSSR count). The van der Waals surface area contributed by atoms with E-state index in [2.05, 4.69) is 11.9 Å². The summed E-state index contributed by atoms with van der Waals surface area (Å²) in [7, 11) is 2.06. The predicted octanol–water partition coefficient (Wildman–Crippen LogP) is 0.651. The molecule has 18 heavy (non-hydrogen) atoms. The summed E-state index contributed by atoms with van der Waals surface area (Å²) in [6.45, 7) is 3.40. The third kappa shape index (κ3) is 3.02. The van der Waals surface area contributed by atoms with Crippen molar-refractivity contribution in [2.45, 2.75) is 25.7 Å². The number of hydrogen-bond acceptors (Lipinski definition) is 3. The fourth-order valence-corrected chi connectivity index (χ4v) is 2.92.